The Balaban J connectivity index is 2.80. The lowest BCUT2D eigenvalue weighted by molar-refractivity contribution is 0.560. The van der Waals surface area contributed by atoms with E-state index >= 15 is 0 Å². The van der Waals surface area contributed by atoms with Crippen LogP contribution in [0.15, 0.2) is 41.4 Å². The van der Waals surface area contributed by atoms with Gasteiger partial charge in [-0.3, -0.25) is 0 Å². The summed E-state index contributed by atoms with van der Waals surface area (Å²) in [5.41, 5.74) is 7.47. The fourth-order valence-corrected chi connectivity index (χ4v) is 3.59. The summed E-state index contributed by atoms with van der Waals surface area (Å²) in [6.45, 7) is 8.64. The second-order valence-electron chi connectivity index (χ2n) is 6.02. The lowest BCUT2D eigenvalue weighted by Gasteiger charge is -2.24. The van der Waals surface area contributed by atoms with E-state index in [1.54, 1.807) is 0 Å². The maximum absolute atomic E-state index is 11.3. The zero-order valence-corrected chi connectivity index (χ0v) is 15.2. The lowest BCUT2D eigenvalue weighted by Crippen LogP contribution is -2.11. The maximum atomic E-state index is 11.3. The average Bonchev–Trinajstić information content (AvgIpc) is 2.64. The molecule has 0 bridgehead atoms. The Morgan fingerprint density at radius 3 is 1.33 bits per heavy atom. The summed E-state index contributed by atoms with van der Waals surface area (Å²) in [6.07, 6.45) is 5.58. The van der Waals surface area contributed by atoms with Crippen molar-refractivity contribution in [3.05, 3.63) is 69.8 Å². The molecule has 0 aliphatic carbocycles. The topological polar surface area (TPSA) is 29.4 Å². The van der Waals surface area contributed by atoms with Crippen molar-refractivity contribution >= 4 is 6.08 Å². The minimum atomic E-state index is -0.250. The van der Waals surface area contributed by atoms with Gasteiger partial charge >= 0.3 is 0 Å². The van der Waals surface area contributed by atoms with Gasteiger partial charge in [-0.2, -0.15) is 4.99 Å². The standard InChI is InChI=1S/C22H27NO/c1-5-16-11-9-12-17(6-2)20(16)22(23-15-24)21-18(7-3)13-10-14-19(21)8-4/h9-14,22H,5-8H2,1-4H3. The van der Waals surface area contributed by atoms with Crippen molar-refractivity contribution in [1.82, 2.24) is 0 Å². The van der Waals surface area contributed by atoms with Gasteiger partial charge in [0, 0.05) is 0 Å². The van der Waals surface area contributed by atoms with Gasteiger partial charge in [-0.15, -0.1) is 0 Å². The van der Waals surface area contributed by atoms with E-state index < -0.39 is 0 Å². The lowest BCUT2D eigenvalue weighted by atomic mass is 9.83. The third kappa shape index (κ3) is 3.49. The molecular formula is C22H27NO. The number of isocyanates is 1. The number of benzene rings is 2. The molecule has 0 unspecified atom stereocenters. The van der Waals surface area contributed by atoms with E-state index in [1.807, 2.05) is 6.08 Å². The Labute approximate surface area is 145 Å². The number of aryl methyl sites for hydroxylation is 4. The van der Waals surface area contributed by atoms with E-state index in [1.165, 1.54) is 33.4 Å². The Kier molecular flexibility index (Phi) is 6.52. The molecule has 0 spiro atoms. The SMILES string of the molecule is CCc1cccc(CC)c1C(N=C=O)c1c(CC)cccc1CC. The van der Waals surface area contributed by atoms with Gasteiger partial charge in [0.05, 0.1) is 0 Å². The molecule has 0 heterocycles. The highest BCUT2D eigenvalue weighted by molar-refractivity contribution is 5.51. The maximum Gasteiger partial charge on any atom is 0.235 e. The largest absolute Gasteiger partial charge is 0.235 e. The molecule has 0 amide bonds. The molecule has 126 valence electrons. The van der Waals surface area contributed by atoms with E-state index in [0.717, 1.165) is 25.7 Å². The monoisotopic (exact) mass is 321 g/mol. The molecule has 0 aromatic heterocycles. The Bertz CT molecular complexity index is 642. The minimum Gasteiger partial charge on any atom is -0.211 e. The van der Waals surface area contributed by atoms with Crippen LogP contribution in [-0.4, -0.2) is 6.08 Å². The Morgan fingerprint density at radius 2 is 1.08 bits per heavy atom. The minimum absolute atomic E-state index is 0.250. The van der Waals surface area contributed by atoms with Crippen LogP contribution in [0.2, 0.25) is 0 Å². The smallest absolute Gasteiger partial charge is 0.211 e. The molecule has 0 aliphatic rings. The molecule has 0 fully saturated rings. The van der Waals surface area contributed by atoms with E-state index in [2.05, 4.69) is 69.1 Å². The molecule has 0 saturated carbocycles. The third-order valence-corrected chi connectivity index (χ3v) is 4.83. The fraction of sp³-hybridized carbons (Fsp3) is 0.409. The first-order chi connectivity index (χ1) is 11.7. The molecule has 0 aliphatic heterocycles. The van der Waals surface area contributed by atoms with Crippen LogP contribution in [0.25, 0.3) is 0 Å². The highest BCUT2D eigenvalue weighted by Crippen LogP contribution is 2.36. The van der Waals surface area contributed by atoms with Crippen LogP contribution < -0.4 is 0 Å². The Hall–Kier alpha value is -2.18. The number of hydrogen-bond donors (Lipinski definition) is 0. The van der Waals surface area contributed by atoms with E-state index in [-0.39, 0.29) is 6.04 Å². The molecule has 2 heteroatoms. The summed E-state index contributed by atoms with van der Waals surface area (Å²) in [5.74, 6) is 0. The van der Waals surface area contributed by atoms with Crippen LogP contribution in [0.3, 0.4) is 0 Å². The van der Waals surface area contributed by atoms with Crippen LogP contribution in [0, 0.1) is 0 Å². The first-order valence-corrected chi connectivity index (χ1v) is 8.99. The van der Waals surface area contributed by atoms with Crippen molar-refractivity contribution in [2.24, 2.45) is 4.99 Å². The number of nitrogens with zero attached hydrogens (tertiary/aromatic N) is 1. The number of carbonyl (C=O) groups excluding carboxylic acids is 1. The van der Waals surface area contributed by atoms with Crippen molar-refractivity contribution in [2.75, 3.05) is 0 Å². The second-order valence-corrected chi connectivity index (χ2v) is 6.02. The van der Waals surface area contributed by atoms with Crippen LogP contribution >= 0.6 is 0 Å². The highest BCUT2D eigenvalue weighted by atomic mass is 16.1. The van der Waals surface area contributed by atoms with Gasteiger partial charge in [0.1, 0.15) is 6.04 Å². The molecule has 2 aromatic rings. The van der Waals surface area contributed by atoms with Gasteiger partial charge < -0.3 is 0 Å². The summed E-state index contributed by atoms with van der Waals surface area (Å²) in [6, 6.07) is 12.6. The number of rotatable bonds is 7. The number of hydrogen-bond acceptors (Lipinski definition) is 2. The third-order valence-electron chi connectivity index (χ3n) is 4.83. The fourth-order valence-electron chi connectivity index (χ4n) is 3.59. The molecule has 24 heavy (non-hydrogen) atoms. The molecule has 2 aromatic carbocycles. The molecule has 0 atom stereocenters. The first kappa shape index (κ1) is 18.2. The average molecular weight is 321 g/mol. The predicted octanol–water partition coefficient (Wildman–Crippen LogP) is 5.36. The van der Waals surface area contributed by atoms with Gasteiger partial charge in [0.2, 0.25) is 6.08 Å². The zero-order chi connectivity index (χ0) is 17.5. The van der Waals surface area contributed by atoms with Crippen LogP contribution in [0.1, 0.15) is 67.1 Å². The molecule has 2 nitrogen and oxygen atoms in total. The van der Waals surface area contributed by atoms with Gasteiger partial charge in [0.25, 0.3) is 0 Å². The van der Waals surface area contributed by atoms with E-state index in [9.17, 15) is 4.79 Å². The summed E-state index contributed by atoms with van der Waals surface area (Å²) in [4.78, 5) is 15.6. The quantitative estimate of drug-likeness (QED) is 0.498. The molecule has 0 N–H and O–H groups in total. The van der Waals surface area contributed by atoms with Crippen molar-refractivity contribution in [3.63, 3.8) is 0 Å². The normalized spacial score (nSPS) is 10.7. The first-order valence-electron chi connectivity index (χ1n) is 8.99. The van der Waals surface area contributed by atoms with Crippen LogP contribution in [-0.2, 0) is 30.5 Å². The molecule has 0 saturated heterocycles. The van der Waals surface area contributed by atoms with Crippen molar-refractivity contribution in [2.45, 2.75) is 59.4 Å². The molecule has 0 radical (unpaired) electrons. The summed E-state index contributed by atoms with van der Waals surface area (Å²) in [7, 11) is 0. The zero-order valence-electron chi connectivity index (χ0n) is 15.2. The van der Waals surface area contributed by atoms with Crippen molar-refractivity contribution in [3.8, 4) is 0 Å². The van der Waals surface area contributed by atoms with Gasteiger partial charge in [-0.25, -0.2) is 4.79 Å². The van der Waals surface area contributed by atoms with Crippen LogP contribution in [0.5, 0.6) is 0 Å². The molecular weight excluding hydrogens is 294 g/mol. The van der Waals surface area contributed by atoms with Gasteiger partial charge in [-0.05, 0) is 59.1 Å². The van der Waals surface area contributed by atoms with Crippen molar-refractivity contribution < 1.29 is 4.79 Å². The highest BCUT2D eigenvalue weighted by Gasteiger charge is 2.23. The van der Waals surface area contributed by atoms with Gasteiger partial charge in [-0.1, -0.05) is 64.1 Å². The summed E-state index contributed by atoms with van der Waals surface area (Å²) < 4.78 is 0. The predicted molar refractivity (Wildman–Crippen MR) is 100 cm³/mol. The Morgan fingerprint density at radius 1 is 0.750 bits per heavy atom. The van der Waals surface area contributed by atoms with Crippen molar-refractivity contribution in [1.29, 1.82) is 0 Å². The van der Waals surface area contributed by atoms with Gasteiger partial charge in [0.15, 0.2) is 0 Å². The summed E-state index contributed by atoms with van der Waals surface area (Å²) in [5, 5.41) is 0. The van der Waals surface area contributed by atoms with E-state index in [0.29, 0.717) is 0 Å². The van der Waals surface area contributed by atoms with E-state index in [4.69, 9.17) is 0 Å². The summed E-state index contributed by atoms with van der Waals surface area (Å²) >= 11 is 0. The second kappa shape index (κ2) is 8.61. The number of aliphatic imine (C=N–C) groups is 1. The molecule has 2 rings (SSSR count). The van der Waals surface area contributed by atoms with Crippen LogP contribution in [0.4, 0.5) is 0 Å².